The van der Waals surface area contributed by atoms with Crippen molar-refractivity contribution in [2.75, 3.05) is 12.3 Å². The van der Waals surface area contributed by atoms with E-state index in [1.54, 1.807) is 17.1 Å². The molecule has 0 aliphatic carbocycles. The zero-order valence-corrected chi connectivity index (χ0v) is 10.1. The third kappa shape index (κ3) is 3.47. The molecule has 0 radical (unpaired) electrons. The van der Waals surface area contributed by atoms with Crippen LogP contribution in [0.2, 0.25) is 5.02 Å². The summed E-state index contributed by atoms with van der Waals surface area (Å²) in [5.41, 5.74) is 7.21. The molecule has 2 rings (SSSR count). The Hall–Kier alpha value is -1.52. The zero-order chi connectivity index (χ0) is 12.1. The first kappa shape index (κ1) is 12.0. The molecule has 0 spiro atoms. The second-order valence-electron chi connectivity index (χ2n) is 3.68. The second-order valence-corrected chi connectivity index (χ2v) is 4.09. The first-order valence-corrected chi connectivity index (χ1v) is 5.72. The van der Waals surface area contributed by atoms with Crippen LogP contribution in [0.15, 0.2) is 36.7 Å². The Kier molecular flexibility index (Phi) is 4.01. The van der Waals surface area contributed by atoms with Crippen LogP contribution in [-0.4, -0.2) is 16.4 Å². The quantitative estimate of drug-likeness (QED) is 0.830. The lowest BCUT2D eigenvalue weighted by molar-refractivity contribution is 0.111. The summed E-state index contributed by atoms with van der Waals surface area (Å²) >= 11 is 6.01. The molecule has 5 heteroatoms. The predicted molar refractivity (Wildman–Crippen MR) is 67.7 cm³/mol. The maximum Gasteiger partial charge on any atom is 0.0732 e. The summed E-state index contributed by atoms with van der Waals surface area (Å²) in [6.07, 6.45) is 3.40. The van der Waals surface area contributed by atoms with Crippen LogP contribution in [0.4, 0.5) is 5.69 Å². The molecule has 0 bridgehead atoms. The summed E-state index contributed by atoms with van der Waals surface area (Å²) in [7, 11) is 0. The maximum atomic E-state index is 6.01. The Morgan fingerprint density at radius 2 is 2.18 bits per heavy atom. The number of ether oxygens (including phenoxy) is 1. The fourth-order valence-electron chi connectivity index (χ4n) is 1.46. The van der Waals surface area contributed by atoms with Gasteiger partial charge in [-0.15, -0.1) is 0 Å². The van der Waals surface area contributed by atoms with Crippen LogP contribution >= 0.6 is 11.6 Å². The highest BCUT2D eigenvalue weighted by Crippen LogP contribution is 2.15. The molecule has 2 aromatic rings. The summed E-state index contributed by atoms with van der Waals surface area (Å²) in [5, 5.41) is 4.80. The third-order valence-corrected chi connectivity index (χ3v) is 2.70. The Morgan fingerprint density at radius 3 is 2.88 bits per heavy atom. The molecular formula is C12H14ClN3O. The van der Waals surface area contributed by atoms with Crippen molar-refractivity contribution in [1.82, 2.24) is 9.78 Å². The molecule has 2 N–H and O–H groups in total. The first-order chi connectivity index (χ1) is 8.25. The van der Waals surface area contributed by atoms with Crippen LogP contribution in [0.1, 0.15) is 5.56 Å². The molecule has 0 saturated carbocycles. The fourth-order valence-corrected chi connectivity index (χ4v) is 1.65. The van der Waals surface area contributed by atoms with E-state index in [4.69, 9.17) is 22.1 Å². The molecule has 1 heterocycles. The minimum atomic E-state index is 0.510. The molecule has 0 fully saturated rings. The average Bonchev–Trinajstić information content (AvgIpc) is 2.73. The lowest BCUT2D eigenvalue weighted by Crippen LogP contribution is -2.06. The van der Waals surface area contributed by atoms with E-state index in [-0.39, 0.29) is 0 Å². The summed E-state index contributed by atoms with van der Waals surface area (Å²) < 4.78 is 7.28. The molecule has 0 amide bonds. The number of benzene rings is 1. The minimum Gasteiger partial charge on any atom is -0.396 e. The highest BCUT2D eigenvalue weighted by Gasteiger charge is 1.99. The van der Waals surface area contributed by atoms with Gasteiger partial charge in [-0.1, -0.05) is 29.8 Å². The van der Waals surface area contributed by atoms with Crippen molar-refractivity contribution in [3.63, 3.8) is 0 Å². The normalized spacial score (nSPS) is 10.6. The molecule has 17 heavy (non-hydrogen) atoms. The van der Waals surface area contributed by atoms with Gasteiger partial charge in [-0.25, -0.2) is 0 Å². The molecule has 4 nitrogen and oxygen atoms in total. The Morgan fingerprint density at radius 1 is 1.35 bits per heavy atom. The smallest absolute Gasteiger partial charge is 0.0732 e. The first-order valence-electron chi connectivity index (χ1n) is 5.35. The van der Waals surface area contributed by atoms with Gasteiger partial charge in [0, 0.05) is 11.2 Å². The second kappa shape index (κ2) is 5.70. The summed E-state index contributed by atoms with van der Waals surface area (Å²) in [6.45, 7) is 1.77. The monoisotopic (exact) mass is 251 g/mol. The molecule has 1 aromatic carbocycles. The van der Waals surface area contributed by atoms with Crippen molar-refractivity contribution in [2.45, 2.75) is 13.2 Å². The Bertz CT molecular complexity index is 484. The van der Waals surface area contributed by atoms with Gasteiger partial charge in [-0.3, -0.25) is 4.68 Å². The van der Waals surface area contributed by atoms with Gasteiger partial charge in [-0.05, 0) is 11.6 Å². The molecule has 0 unspecified atom stereocenters. The van der Waals surface area contributed by atoms with Gasteiger partial charge in [0.25, 0.3) is 0 Å². The number of rotatable bonds is 5. The van der Waals surface area contributed by atoms with Crippen molar-refractivity contribution in [3.8, 4) is 0 Å². The van der Waals surface area contributed by atoms with Crippen LogP contribution in [-0.2, 0) is 17.9 Å². The summed E-state index contributed by atoms with van der Waals surface area (Å²) in [6, 6.07) is 7.65. The fraction of sp³-hybridized carbons (Fsp3) is 0.250. The van der Waals surface area contributed by atoms with Crippen molar-refractivity contribution in [2.24, 2.45) is 0 Å². The average molecular weight is 252 g/mol. The van der Waals surface area contributed by atoms with Crippen molar-refractivity contribution in [3.05, 3.63) is 47.2 Å². The van der Waals surface area contributed by atoms with Gasteiger partial charge >= 0.3 is 0 Å². The van der Waals surface area contributed by atoms with Gasteiger partial charge in [0.1, 0.15) is 0 Å². The van der Waals surface area contributed by atoms with E-state index in [0.717, 1.165) is 10.6 Å². The Balaban J connectivity index is 1.75. The number of halogens is 1. The highest BCUT2D eigenvalue weighted by molar-refractivity contribution is 6.31. The van der Waals surface area contributed by atoms with Crippen LogP contribution in [0.5, 0.6) is 0 Å². The van der Waals surface area contributed by atoms with E-state index in [0.29, 0.717) is 25.4 Å². The van der Waals surface area contributed by atoms with Gasteiger partial charge in [0.05, 0.1) is 31.6 Å². The molecule has 0 aliphatic heterocycles. The van der Waals surface area contributed by atoms with E-state index in [1.807, 2.05) is 24.3 Å². The number of nitrogen functional groups attached to an aromatic ring is 1. The minimum absolute atomic E-state index is 0.510. The zero-order valence-electron chi connectivity index (χ0n) is 9.34. The lowest BCUT2D eigenvalue weighted by Gasteiger charge is -2.06. The molecular weight excluding hydrogens is 238 g/mol. The van der Waals surface area contributed by atoms with E-state index < -0.39 is 0 Å². The highest BCUT2D eigenvalue weighted by atomic mass is 35.5. The molecule has 0 atom stereocenters. The van der Waals surface area contributed by atoms with E-state index >= 15 is 0 Å². The number of nitrogens with zero attached hydrogens (tertiary/aromatic N) is 2. The largest absolute Gasteiger partial charge is 0.396 e. The van der Waals surface area contributed by atoms with E-state index in [1.165, 1.54) is 0 Å². The molecule has 1 aromatic heterocycles. The van der Waals surface area contributed by atoms with E-state index in [9.17, 15) is 0 Å². The van der Waals surface area contributed by atoms with Gasteiger partial charge in [-0.2, -0.15) is 5.10 Å². The number of hydrogen-bond acceptors (Lipinski definition) is 3. The van der Waals surface area contributed by atoms with Gasteiger partial charge in [0.15, 0.2) is 0 Å². The van der Waals surface area contributed by atoms with Crippen LogP contribution in [0, 0.1) is 0 Å². The SMILES string of the molecule is Nc1cnn(CCOCc2ccccc2Cl)c1. The summed E-state index contributed by atoms with van der Waals surface area (Å²) in [4.78, 5) is 0. The maximum absolute atomic E-state index is 6.01. The number of nitrogens with two attached hydrogens (primary N) is 1. The third-order valence-electron chi connectivity index (χ3n) is 2.33. The van der Waals surface area contributed by atoms with Crippen molar-refractivity contribution < 1.29 is 4.74 Å². The van der Waals surface area contributed by atoms with E-state index in [2.05, 4.69) is 5.10 Å². The van der Waals surface area contributed by atoms with Gasteiger partial charge in [0.2, 0.25) is 0 Å². The Labute approximate surface area is 105 Å². The van der Waals surface area contributed by atoms with Crippen LogP contribution in [0.3, 0.4) is 0 Å². The number of aromatic nitrogens is 2. The number of hydrogen-bond donors (Lipinski definition) is 1. The molecule has 90 valence electrons. The topological polar surface area (TPSA) is 53.1 Å². The summed E-state index contributed by atoms with van der Waals surface area (Å²) in [5.74, 6) is 0. The molecule has 0 saturated heterocycles. The number of anilines is 1. The van der Waals surface area contributed by atoms with Gasteiger partial charge < -0.3 is 10.5 Å². The lowest BCUT2D eigenvalue weighted by atomic mass is 10.2. The van der Waals surface area contributed by atoms with Crippen molar-refractivity contribution >= 4 is 17.3 Å². The molecule has 0 aliphatic rings. The van der Waals surface area contributed by atoms with Crippen molar-refractivity contribution in [1.29, 1.82) is 0 Å². The standard InChI is InChI=1S/C12H14ClN3O/c13-12-4-2-1-3-10(12)9-17-6-5-16-8-11(14)7-15-16/h1-4,7-8H,5-6,9,14H2. The predicted octanol–water partition coefficient (Wildman–Crippen LogP) is 2.34. The van der Waals surface area contributed by atoms with Crippen LogP contribution in [0.25, 0.3) is 0 Å². The van der Waals surface area contributed by atoms with Crippen LogP contribution < -0.4 is 5.73 Å².